The number of nitrogens with zero attached hydrogens (tertiary/aromatic N) is 2. The highest BCUT2D eigenvalue weighted by Crippen LogP contribution is 2.39. The fourth-order valence-corrected chi connectivity index (χ4v) is 3.38. The molecule has 6 heteroatoms. The van der Waals surface area contributed by atoms with Gasteiger partial charge in [0.1, 0.15) is 12.1 Å². The molecule has 2 heterocycles. The van der Waals surface area contributed by atoms with Gasteiger partial charge in [0, 0.05) is 6.54 Å². The molecule has 0 aromatic heterocycles. The smallest absolute Gasteiger partial charge is 0.345 e. The molecule has 2 saturated heterocycles. The molecule has 23 heavy (non-hydrogen) atoms. The highest BCUT2D eigenvalue weighted by molar-refractivity contribution is 5.88. The molecule has 2 amide bonds. The average Bonchev–Trinajstić information content (AvgIpc) is 2.82. The normalized spacial score (nSPS) is 26.4. The van der Waals surface area contributed by atoms with Crippen LogP contribution in [0.3, 0.4) is 0 Å². The first-order valence-electron chi connectivity index (χ1n) is 7.70. The summed E-state index contributed by atoms with van der Waals surface area (Å²) < 4.78 is 0. The van der Waals surface area contributed by atoms with Crippen LogP contribution in [0.2, 0.25) is 0 Å². The number of carbonyl (C=O) groups is 2. The molecule has 0 spiro atoms. The zero-order valence-corrected chi connectivity index (χ0v) is 12.9. The number of hydroxylamine groups is 2. The van der Waals surface area contributed by atoms with Crippen LogP contribution in [0.15, 0.2) is 43.0 Å². The molecule has 1 N–H and O–H groups in total. The van der Waals surface area contributed by atoms with Crippen LogP contribution in [0.5, 0.6) is 0 Å². The minimum Gasteiger partial charge on any atom is -0.479 e. The van der Waals surface area contributed by atoms with Crippen molar-refractivity contribution < 1.29 is 19.5 Å². The van der Waals surface area contributed by atoms with E-state index < -0.39 is 11.5 Å². The van der Waals surface area contributed by atoms with E-state index >= 15 is 0 Å². The number of hydrogen-bond donors (Lipinski definition) is 1. The van der Waals surface area contributed by atoms with Gasteiger partial charge in [0.15, 0.2) is 0 Å². The van der Waals surface area contributed by atoms with Gasteiger partial charge in [0.25, 0.3) is 0 Å². The summed E-state index contributed by atoms with van der Waals surface area (Å²) in [6.45, 7) is 4.31. The Morgan fingerprint density at radius 3 is 2.83 bits per heavy atom. The van der Waals surface area contributed by atoms with Crippen LogP contribution in [-0.4, -0.2) is 45.2 Å². The molecule has 1 aromatic carbocycles. The maximum atomic E-state index is 12.6. The highest BCUT2D eigenvalue weighted by Gasteiger charge is 2.56. The first kappa shape index (κ1) is 15.6. The summed E-state index contributed by atoms with van der Waals surface area (Å²) in [6, 6.07) is 9.12. The van der Waals surface area contributed by atoms with Crippen molar-refractivity contribution in [3.63, 3.8) is 0 Å². The topological polar surface area (TPSA) is 70.1 Å². The predicted molar refractivity (Wildman–Crippen MR) is 83.4 cm³/mol. The number of benzene rings is 1. The maximum absolute atomic E-state index is 12.6. The molecule has 2 atom stereocenters. The standard InChI is InChI=1S/C17H20N2O4/c1-2-9-17(15(20)21)10-8-14-11-18(17)16(22)19(14)23-12-13-6-4-3-5-7-13/h2-7,14H,1,8-12H2,(H,20,21)/t14-,17-/m1/s1. The summed E-state index contributed by atoms with van der Waals surface area (Å²) in [7, 11) is 0. The zero-order chi connectivity index (χ0) is 16.4. The van der Waals surface area contributed by atoms with Gasteiger partial charge in [-0.25, -0.2) is 9.59 Å². The van der Waals surface area contributed by atoms with Crippen molar-refractivity contribution in [2.75, 3.05) is 6.54 Å². The Kier molecular flexibility index (Phi) is 4.09. The van der Waals surface area contributed by atoms with Gasteiger partial charge in [0.05, 0.1) is 6.04 Å². The molecule has 2 bridgehead atoms. The van der Waals surface area contributed by atoms with E-state index in [0.717, 1.165) is 5.56 Å². The highest BCUT2D eigenvalue weighted by atomic mass is 16.7. The number of urea groups is 1. The molecule has 2 fully saturated rings. The Balaban J connectivity index is 1.76. The molecule has 3 rings (SSSR count). The Morgan fingerprint density at radius 2 is 2.17 bits per heavy atom. The monoisotopic (exact) mass is 316 g/mol. The number of carbonyl (C=O) groups excluding carboxylic acids is 1. The van der Waals surface area contributed by atoms with Crippen molar-refractivity contribution in [2.24, 2.45) is 0 Å². The fourth-order valence-electron chi connectivity index (χ4n) is 3.38. The lowest BCUT2D eigenvalue weighted by molar-refractivity contribution is -0.151. The third-order valence-electron chi connectivity index (χ3n) is 4.65. The molecule has 6 nitrogen and oxygen atoms in total. The van der Waals surface area contributed by atoms with E-state index in [1.807, 2.05) is 30.3 Å². The van der Waals surface area contributed by atoms with Crippen molar-refractivity contribution in [1.29, 1.82) is 0 Å². The second kappa shape index (κ2) is 6.04. The number of amides is 2. The molecule has 0 saturated carbocycles. The van der Waals surface area contributed by atoms with Gasteiger partial charge in [-0.15, -0.1) is 6.58 Å². The molecule has 0 aliphatic carbocycles. The van der Waals surface area contributed by atoms with E-state index in [0.29, 0.717) is 26.0 Å². The Bertz CT molecular complexity index is 618. The molecule has 1 aromatic rings. The van der Waals surface area contributed by atoms with E-state index in [1.54, 1.807) is 6.08 Å². The quantitative estimate of drug-likeness (QED) is 0.818. The summed E-state index contributed by atoms with van der Waals surface area (Å²) in [5.41, 5.74) is -0.229. The van der Waals surface area contributed by atoms with E-state index in [1.165, 1.54) is 9.96 Å². The summed E-state index contributed by atoms with van der Waals surface area (Å²) in [4.78, 5) is 31.5. The van der Waals surface area contributed by atoms with E-state index in [2.05, 4.69) is 6.58 Å². The van der Waals surface area contributed by atoms with Gasteiger partial charge in [-0.2, -0.15) is 5.06 Å². The van der Waals surface area contributed by atoms with E-state index in [-0.39, 0.29) is 18.5 Å². The van der Waals surface area contributed by atoms with Crippen molar-refractivity contribution in [1.82, 2.24) is 9.96 Å². The molecule has 122 valence electrons. The van der Waals surface area contributed by atoms with E-state index in [4.69, 9.17) is 4.84 Å². The average molecular weight is 316 g/mol. The largest absolute Gasteiger partial charge is 0.479 e. The molecule has 0 unspecified atom stereocenters. The molecule has 2 aliphatic rings. The zero-order valence-electron chi connectivity index (χ0n) is 12.9. The van der Waals surface area contributed by atoms with Crippen LogP contribution in [-0.2, 0) is 16.2 Å². The number of rotatable bonds is 6. The molecule has 0 radical (unpaired) electrons. The number of aliphatic carboxylic acids is 1. The lowest BCUT2D eigenvalue weighted by Crippen LogP contribution is -2.57. The Hall–Kier alpha value is -2.34. The van der Waals surface area contributed by atoms with Crippen LogP contribution in [0.4, 0.5) is 4.79 Å². The van der Waals surface area contributed by atoms with Gasteiger partial charge < -0.3 is 10.0 Å². The van der Waals surface area contributed by atoms with Gasteiger partial charge in [-0.3, -0.25) is 4.84 Å². The molecular weight excluding hydrogens is 296 g/mol. The second-order valence-electron chi connectivity index (χ2n) is 6.00. The van der Waals surface area contributed by atoms with Gasteiger partial charge in [-0.1, -0.05) is 36.4 Å². The SMILES string of the molecule is C=CC[C@]1(C(=O)O)CC[C@@H]2CN1C(=O)N2OCc1ccccc1. The molecule has 2 aliphatic heterocycles. The lowest BCUT2D eigenvalue weighted by atomic mass is 9.83. The fraction of sp³-hybridized carbons (Fsp3) is 0.412. The number of piperidine rings is 1. The van der Waals surface area contributed by atoms with Crippen molar-refractivity contribution >= 4 is 12.0 Å². The minimum absolute atomic E-state index is 0.0940. The Labute approximate surface area is 134 Å². The lowest BCUT2D eigenvalue weighted by Gasteiger charge is -2.39. The maximum Gasteiger partial charge on any atom is 0.345 e. The van der Waals surface area contributed by atoms with E-state index in [9.17, 15) is 14.7 Å². The number of carboxylic acid groups (broad SMARTS) is 1. The summed E-state index contributed by atoms with van der Waals surface area (Å²) in [5, 5.41) is 11.0. The second-order valence-corrected chi connectivity index (χ2v) is 6.00. The first-order chi connectivity index (χ1) is 11.1. The third kappa shape index (κ3) is 2.59. The van der Waals surface area contributed by atoms with Crippen LogP contribution >= 0.6 is 0 Å². The third-order valence-corrected chi connectivity index (χ3v) is 4.65. The summed E-state index contributed by atoms with van der Waals surface area (Å²) in [5.74, 6) is -0.978. The summed E-state index contributed by atoms with van der Waals surface area (Å²) in [6.07, 6.45) is 2.83. The number of hydrogen-bond acceptors (Lipinski definition) is 3. The Morgan fingerprint density at radius 1 is 1.43 bits per heavy atom. The van der Waals surface area contributed by atoms with Gasteiger partial charge in [0.2, 0.25) is 0 Å². The van der Waals surface area contributed by atoms with Crippen LogP contribution < -0.4 is 0 Å². The van der Waals surface area contributed by atoms with Crippen molar-refractivity contribution in [3.8, 4) is 0 Å². The van der Waals surface area contributed by atoms with Gasteiger partial charge in [-0.05, 0) is 24.8 Å². The number of carboxylic acids is 1. The summed E-state index contributed by atoms with van der Waals surface area (Å²) >= 11 is 0. The first-order valence-corrected chi connectivity index (χ1v) is 7.70. The van der Waals surface area contributed by atoms with Crippen LogP contribution in [0, 0.1) is 0 Å². The van der Waals surface area contributed by atoms with Crippen LogP contribution in [0.1, 0.15) is 24.8 Å². The minimum atomic E-state index is -1.19. The van der Waals surface area contributed by atoms with Crippen LogP contribution in [0.25, 0.3) is 0 Å². The molecular formula is C17H20N2O4. The van der Waals surface area contributed by atoms with Gasteiger partial charge >= 0.3 is 12.0 Å². The predicted octanol–water partition coefficient (Wildman–Crippen LogP) is 2.42. The van der Waals surface area contributed by atoms with Crippen molar-refractivity contribution in [2.45, 2.75) is 37.5 Å². The van der Waals surface area contributed by atoms with Crippen molar-refractivity contribution in [3.05, 3.63) is 48.6 Å². The number of fused-ring (bicyclic) bond motifs is 2.